The van der Waals surface area contributed by atoms with Crippen molar-refractivity contribution < 1.29 is 8.42 Å². The van der Waals surface area contributed by atoms with Gasteiger partial charge in [0, 0.05) is 33.3 Å². The van der Waals surface area contributed by atoms with E-state index in [1.54, 1.807) is 22.9 Å². The molecule has 2 atom stereocenters. The van der Waals surface area contributed by atoms with E-state index in [4.69, 9.17) is 39.9 Å². The van der Waals surface area contributed by atoms with Crippen LogP contribution in [0.4, 0.5) is 0 Å². The van der Waals surface area contributed by atoms with Crippen LogP contribution >= 0.6 is 34.8 Å². The number of aromatic nitrogens is 2. The average molecular weight is 636 g/mol. The summed E-state index contributed by atoms with van der Waals surface area (Å²) >= 11 is 18.9. The van der Waals surface area contributed by atoms with Gasteiger partial charge in [-0.3, -0.25) is 0 Å². The maximum Gasteiger partial charge on any atom is 0.213 e. The van der Waals surface area contributed by atoms with Crippen LogP contribution in [0.15, 0.2) is 42.5 Å². The van der Waals surface area contributed by atoms with Gasteiger partial charge in [0.2, 0.25) is 10.0 Å². The van der Waals surface area contributed by atoms with Crippen LogP contribution in [0.5, 0.6) is 0 Å². The maximum atomic E-state index is 13.2. The number of halogens is 3. The Labute approximate surface area is 258 Å². The maximum absolute atomic E-state index is 13.2. The van der Waals surface area contributed by atoms with Crippen molar-refractivity contribution in [2.45, 2.75) is 71.4 Å². The van der Waals surface area contributed by atoms with E-state index in [-0.39, 0.29) is 17.8 Å². The van der Waals surface area contributed by atoms with Gasteiger partial charge in [-0.25, -0.2) is 17.8 Å². The number of sulfonamides is 1. The monoisotopic (exact) mass is 634 g/mol. The average Bonchev–Trinajstić information content (AvgIpc) is 3.16. The summed E-state index contributed by atoms with van der Waals surface area (Å²) in [6.45, 7) is 7.33. The predicted octanol–water partition coefficient (Wildman–Crippen LogP) is 7.57. The van der Waals surface area contributed by atoms with Crippen molar-refractivity contribution in [3.8, 4) is 16.9 Å². The van der Waals surface area contributed by atoms with E-state index < -0.39 is 10.0 Å². The van der Waals surface area contributed by atoms with Crippen molar-refractivity contribution in [2.75, 3.05) is 12.3 Å². The quantitative estimate of drug-likeness (QED) is 0.254. The number of nitrogens with zero attached hydrogens (tertiary/aromatic N) is 2. The Morgan fingerprint density at radius 3 is 2.24 bits per heavy atom. The van der Waals surface area contributed by atoms with Gasteiger partial charge >= 0.3 is 0 Å². The van der Waals surface area contributed by atoms with Gasteiger partial charge in [0.25, 0.3) is 0 Å². The van der Waals surface area contributed by atoms with E-state index in [0.717, 1.165) is 35.6 Å². The molecule has 4 fully saturated rings. The van der Waals surface area contributed by atoms with Gasteiger partial charge in [0.1, 0.15) is 0 Å². The highest BCUT2D eigenvalue weighted by Gasteiger charge is 2.59. The summed E-state index contributed by atoms with van der Waals surface area (Å²) in [6, 6.07) is 12.7. The molecule has 0 aliphatic heterocycles. The molecule has 4 saturated carbocycles. The number of hydrogen-bond donors (Lipinski definition) is 2. The van der Waals surface area contributed by atoms with Gasteiger partial charge < -0.3 is 5.32 Å². The van der Waals surface area contributed by atoms with E-state index in [0.29, 0.717) is 43.8 Å². The van der Waals surface area contributed by atoms with Gasteiger partial charge in [0.05, 0.1) is 34.4 Å². The highest BCUT2D eigenvalue weighted by Crippen LogP contribution is 2.66. The first-order chi connectivity index (χ1) is 19.3. The molecule has 4 bridgehead atoms. The Hall–Kier alpha value is -1.61. The minimum absolute atomic E-state index is 0.0274. The summed E-state index contributed by atoms with van der Waals surface area (Å²) in [5.74, 6) is 0.783. The fourth-order valence-electron chi connectivity index (χ4n) is 8.83. The molecular formula is C31H37Cl3N4O2S. The van der Waals surface area contributed by atoms with E-state index in [1.165, 1.54) is 25.7 Å². The van der Waals surface area contributed by atoms with Crippen LogP contribution < -0.4 is 10.0 Å². The molecule has 0 amide bonds. The summed E-state index contributed by atoms with van der Waals surface area (Å²) in [4.78, 5) is 0. The first-order valence-electron chi connectivity index (χ1n) is 14.3. The second-order valence-electron chi connectivity index (χ2n) is 13.4. The zero-order valence-corrected chi connectivity index (χ0v) is 26.8. The minimum atomic E-state index is -3.54. The highest BCUT2D eigenvalue weighted by atomic mass is 35.5. The lowest BCUT2D eigenvalue weighted by atomic mass is 9.43. The van der Waals surface area contributed by atoms with Crippen molar-refractivity contribution in [1.82, 2.24) is 19.8 Å². The van der Waals surface area contributed by atoms with Crippen molar-refractivity contribution in [2.24, 2.45) is 16.7 Å². The van der Waals surface area contributed by atoms with Crippen LogP contribution in [-0.2, 0) is 16.6 Å². The lowest BCUT2D eigenvalue weighted by Gasteiger charge is -2.65. The molecule has 41 heavy (non-hydrogen) atoms. The van der Waals surface area contributed by atoms with E-state index in [1.807, 2.05) is 31.2 Å². The molecule has 0 saturated heterocycles. The fourth-order valence-corrected chi connectivity index (χ4v) is 10.3. The van der Waals surface area contributed by atoms with Crippen molar-refractivity contribution in [1.29, 1.82) is 0 Å². The molecule has 3 aromatic rings. The third kappa shape index (κ3) is 5.96. The van der Waals surface area contributed by atoms with Crippen LogP contribution in [0, 0.1) is 23.7 Å². The molecule has 10 heteroatoms. The molecule has 2 N–H and O–H groups in total. The van der Waals surface area contributed by atoms with Gasteiger partial charge in [0.15, 0.2) is 0 Å². The zero-order valence-electron chi connectivity index (χ0n) is 23.7. The highest BCUT2D eigenvalue weighted by molar-refractivity contribution is 7.89. The van der Waals surface area contributed by atoms with Crippen molar-refractivity contribution >= 4 is 44.8 Å². The first-order valence-corrected chi connectivity index (χ1v) is 17.1. The number of rotatable bonds is 9. The number of hydrogen-bond acceptors (Lipinski definition) is 4. The molecule has 7 rings (SSSR count). The molecule has 2 aromatic carbocycles. The second kappa shape index (κ2) is 10.5. The van der Waals surface area contributed by atoms with Crippen LogP contribution in [-0.4, -0.2) is 36.0 Å². The summed E-state index contributed by atoms with van der Waals surface area (Å²) in [5.41, 5.74) is 4.66. The lowest BCUT2D eigenvalue weighted by Crippen LogP contribution is -2.64. The molecule has 1 heterocycles. The smallest absolute Gasteiger partial charge is 0.213 e. The Morgan fingerprint density at radius 1 is 0.951 bits per heavy atom. The van der Waals surface area contributed by atoms with Gasteiger partial charge in [-0.2, -0.15) is 5.10 Å². The molecule has 0 radical (unpaired) electrons. The third-order valence-corrected chi connectivity index (χ3v) is 11.5. The summed E-state index contributed by atoms with van der Waals surface area (Å²) in [7, 11) is -3.54. The van der Waals surface area contributed by atoms with E-state index in [2.05, 4.69) is 23.9 Å². The fraction of sp³-hybridized carbons (Fsp3) is 0.516. The minimum Gasteiger partial charge on any atom is -0.310 e. The molecule has 4 aliphatic rings. The number of nitrogens with one attached hydrogen (secondary N) is 2. The molecule has 4 aliphatic carbocycles. The summed E-state index contributed by atoms with van der Waals surface area (Å²) in [5, 5.41) is 10.1. The second-order valence-corrected chi connectivity index (χ2v) is 16.6. The molecule has 2 unspecified atom stereocenters. The molecule has 1 aromatic heterocycles. The molecule has 0 spiro atoms. The predicted molar refractivity (Wildman–Crippen MR) is 168 cm³/mol. The third-order valence-electron chi connectivity index (χ3n) is 9.43. The SMILES string of the molecule is Cc1c(CNS(=O)(=O)CCNC23CC4CC(C)(CC(C)(C4)C2)C3)nn(-c2ccc(Cl)cc2Cl)c1-c1ccc(Cl)cc1. The zero-order chi connectivity index (χ0) is 29.2. The molecular weight excluding hydrogens is 599 g/mol. The largest absolute Gasteiger partial charge is 0.310 e. The van der Waals surface area contributed by atoms with Gasteiger partial charge in [-0.15, -0.1) is 0 Å². The lowest BCUT2D eigenvalue weighted by molar-refractivity contribution is -0.117. The summed E-state index contributed by atoms with van der Waals surface area (Å²) < 4.78 is 30.8. The summed E-state index contributed by atoms with van der Waals surface area (Å²) in [6.07, 6.45) is 7.40. The van der Waals surface area contributed by atoms with Crippen LogP contribution in [0.3, 0.4) is 0 Å². The van der Waals surface area contributed by atoms with Crippen LogP contribution in [0.1, 0.15) is 63.6 Å². The van der Waals surface area contributed by atoms with E-state index >= 15 is 0 Å². The number of benzene rings is 2. The topological polar surface area (TPSA) is 76.0 Å². The van der Waals surface area contributed by atoms with Crippen LogP contribution in [0.25, 0.3) is 16.9 Å². The Morgan fingerprint density at radius 2 is 1.61 bits per heavy atom. The van der Waals surface area contributed by atoms with Gasteiger partial charge in [-0.05, 0) is 92.5 Å². The Bertz CT molecular complexity index is 1570. The Kier molecular flexibility index (Phi) is 7.57. The van der Waals surface area contributed by atoms with E-state index in [9.17, 15) is 8.42 Å². The molecule has 220 valence electrons. The van der Waals surface area contributed by atoms with Gasteiger partial charge in [-0.1, -0.05) is 60.8 Å². The van der Waals surface area contributed by atoms with Crippen molar-refractivity contribution in [3.05, 3.63) is 68.8 Å². The molecule has 6 nitrogen and oxygen atoms in total. The standard InChI is InChI=1S/C31H37Cl3N4O2S/c1-20-26(37-38(27-9-8-24(33)12-25(27)34)28(20)22-4-6-23(32)7-5-22)16-36-41(39,40)11-10-35-31-15-21-13-29(2,18-31)17-30(3,14-21)19-31/h4-9,12,21,35-36H,10-11,13-19H2,1-3H3. The normalized spacial score (nSPS) is 28.9. The van der Waals surface area contributed by atoms with Crippen LogP contribution in [0.2, 0.25) is 15.1 Å². The first kappa shape index (κ1) is 29.5. The Balaban J connectivity index is 1.18. The van der Waals surface area contributed by atoms with Crippen molar-refractivity contribution in [3.63, 3.8) is 0 Å².